The molecule has 0 aliphatic rings. The lowest BCUT2D eigenvalue weighted by Gasteiger charge is -2.13. The predicted molar refractivity (Wildman–Crippen MR) is 63.8 cm³/mol. The zero-order valence-electron chi connectivity index (χ0n) is 10.4. The molecule has 102 valence electrons. The lowest BCUT2D eigenvalue weighted by atomic mass is 9.99. The largest absolute Gasteiger partial charge is 0.469 e. The summed E-state index contributed by atoms with van der Waals surface area (Å²) >= 11 is 0. The summed E-state index contributed by atoms with van der Waals surface area (Å²) in [6.45, 7) is 1.40. The van der Waals surface area contributed by atoms with E-state index in [1.807, 2.05) is 0 Å². The minimum absolute atomic E-state index is 0.0397. The number of methoxy groups -OCH3 is 1. The minimum Gasteiger partial charge on any atom is -0.469 e. The van der Waals surface area contributed by atoms with E-state index in [0.29, 0.717) is 5.52 Å². The van der Waals surface area contributed by atoms with Crippen molar-refractivity contribution in [3.05, 3.63) is 35.0 Å². The molecule has 2 aromatic rings. The highest BCUT2D eigenvalue weighted by atomic mass is 19.4. The van der Waals surface area contributed by atoms with Crippen molar-refractivity contribution in [2.75, 3.05) is 7.11 Å². The molecule has 0 aliphatic carbocycles. The maximum Gasteiger partial charge on any atom is 0.417 e. The van der Waals surface area contributed by atoms with Crippen LogP contribution in [0.1, 0.15) is 16.7 Å². The lowest BCUT2D eigenvalue weighted by Crippen LogP contribution is -2.10. The van der Waals surface area contributed by atoms with E-state index in [1.165, 1.54) is 26.3 Å². The first-order chi connectivity index (χ1) is 8.84. The molecule has 1 N–H and O–H groups in total. The van der Waals surface area contributed by atoms with Gasteiger partial charge in [0.15, 0.2) is 0 Å². The van der Waals surface area contributed by atoms with Gasteiger partial charge in [-0.25, -0.2) is 0 Å². The molecular weight excluding hydrogens is 259 g/mol. The second-order valence-electron chi connectivity index (χ2n) is 4.24. The fourth-order valence-corrected chi connectivity index (χ4v) is 2.13. The van der Waals surface area contributed by atoms with Crippen molar-refractivity contribution in [1.82, 2.24) is 4.98 Å². The van der Waals surface area contributed by atoms with Crippen LogP contribution in [-0.2, 0) is 22.1 Å². The Morgan fingerprint density at radius 3 is 2.63 bits per heavy atom. The molecule has 2 rings (SSSR count). The molecule has 0 unspecified atom stereocenters. The van der Waals surface area contributed by atoms with Crippen LogP contribution < -0.4 is 0 Å². The maximum atomic E-state index is 13.1. The topological polar surface area (TPSA) is 42.1 Å². The molecule has 19 heavy (non-hydrogen) atoms. The van der Waals surface area contributed by atoms with Crippen LogP contribution >= 0.6 is 0 Å². The Morgan fingerprint density at radius 1 is 1.37 bits per heavy atom. The van der Waals surface area contributed by atoms with Crippen LogP contribution in [0.15, 0.2) is 18.3 Å². The fraction of sp³-hybridized carbons (Fsp3) is 0.308. The van der Waals surface area contributed by atoms with E-state index in [1.54, 1.807) is 6.07 Å². The van der Waals surface area contributed by atoms with Gasteiger partial charge >= 0.3 is 12.1 Å². The number of benzene rings is 1. The van der Waals surface area contributed by atoms with E-state index in [2.05, 4.69) is 9.72 Å². The Kier molecular flexibility index (Phi) is 3.26. The second kappa shape index (κ2) is 4.60. The van der Waals surface area contributed by atoms with Crippen LogP contribution in [0, 0.1) is 6.92 Å². The third kappa shape index (κ3) is 2.43. The van der Waals surface area contributed by atoms with E-state index in [-0.39, 0.29) is 22.9 Å². The number of aromatic nitrogens is 1. The van der Waals surface area contributed by atoms with Crippen molar-refractivity contribution in [2.45, 2.75) is 19.5 Å². The number of alkyl halides is 3. The van der Waals surface area contributed by atoms with Crippen LogP contribution in [0.25, 0.3) is 10.9 Å². The Bertz CT molecular complexity index is 629. The van der Waals surface area contributed by atoms with Crippen molar-refractivity contribution in [1.29, 1.82) is 0 Å². The lowest BCUT2D eigenvalue weighted by molar-refractivity contribution is -0.140. The van der Waals surface area contributed by atoms with Crippen molar-refractivity contribution in [2.24, 2.45) is 0 Å². The van der Waals surface area contributed by atoms with Crippen LogP contribution in [0.4, 0.5) is 13.2 Å². The number of fused-ring (bicyclic) bond motifs is 1. The molecule has 0 atom stereocenters. The molecule has 0 saturated heterocycles. The summed E-state index contributed by atoms with van der Waals surface area (Å²) in [6.07, 6.45) is -3.24. The first-order valence-electron chi connectivity index (χ1n) is 5.58. The number of aryl methyl sites for hydroxylation is 1. The summed E-state index contributed by atoms with van der Waals surface area (Å²) in [4.78, 5) is 14.0. The highest BCUT2D eigenvalue weighted by molar-refractivity contribution is 5.91. The van der Waals surface area contributed by atoms with Gasteiger partial charge in [-0.2, -0.15) is 13.2 Å². The molecule has 1 aromatic carbocycles. The van der Waals surface area contributed by atoms with Crippen molar-refractivity contribution in [3.63, 3.8) is 0 Å². The molecule has 0 spiro atoms. The normalized spacial score (nSPS) is 11.8. The molecule has 0 amide bonds. The monoisotopic (exact) mass is 271 g/mol. The number of carbonyl (C=O) groups excluding carboxylic acids is 1. The van der Waals surface area contributed by atoms with Gasteiger partial charge in [-0.3, -0.25) is 4.79 Å². The zero-order valence-corrected chi connectivity index (χ0v) is 10.4. The number of aromatic amines is 1. The number of rotatable bonds is 2. The number of hydrogen-bond acceptors (Lipinski definition) is 2. The third-order valence-corrected chi connectivity index (χ3v) is 2.98. The number of ether oxygens (including phenoxy) is 1. The number of carbonyl (C=O) groups is 1. The molecule has 0 radical (unpaired) electrons. The molecule has 0 bridgehead atoms. The van der Waals surface area contributed by atoms with Crippen LogP contribution in [0.3, 0.4) is 0 Å². The van der Waals surface area contributed by atoms with E-state index < -0.39 is 17.7 Å². The number of H-pyrrole nitrogens is 1. The SMILES string of the molecule is COC(=O)Cc1c[nH]c2ccc(C)c(C(F)(F)F)c12. The van der Waals surface area contributed by atoms with E-state index >= 15 is 0 Å². The van der Waals surface area contributed by atoms with Gasteiger partial charge in [0.2, 0.25) is 0 Å². The summed E-state index contributed by atoms with van der Waals surface area (Å²) in [5.41, 5.74) is 0.0746. The minimum atomic E-state index is -4.46. The summed E-state index contributed by atoms with van der Waals surface area (Å²) in [6, 6.07) is 2.98. The van der Waals surface area contributed by atoms with Crippen LogP contribution in [-0.4, -0.2) is 18.1 Å². The number of halogens is 3. The fourth-order valence-electron chi connectivity index (χ4n) is 2.13. The summed E-state index contributed by atoms with van der Waals surface area (Å²) in [5.74, 6) is -0.574. The first kappa shape index (κ1) is 13.5. The summed E-state index contributed by atoms with van der Waals surface area (Å²) < 4.78 is 43.9. The van der Waals surface area contributed by atoms with E-state index in [0.717, 1.165) is 0 Å². The Hall–Kier alpha value is -1.98. The highest BCUT2D eigenvalue weighted by Crippen LogP contribution is 2.38. The molecule has 6 heteroatoms. The average molecular weight is 271 g/mol. The molecule has 0 saturated carbocycles. The standard InChI is InChI=1S/C13H12F3NO2/c1-7-3-4-9-11(12(7)13(14,15)16)8(6-17-9)5-10(18)19-2/h3-4,6,17H,5H2,1-2H3. The Balaban J connectivity index is 2.68. The second-order valence-corrected chi connectivity index (χ2v) is 4.24. The summed E-state index contributed by atoms with van der Waals surface area (Å²) in [5, 5.41) is 0.0397. The molecule has 1 aromatic heterocycles. The maximum absolute atomic E-state index is 13.1. The molecular formula is C13H12F3NO2. The quantitative estimate of drug-likeness (QED) is 0.852. The molecule has 0 aliphatic heterocycles. The summed E-state index contributed by atoms with van der Waals surface area (Å²) in [7, 11) is 1.20. The van der Waals surface area contributed by atoms with Gasteiger partial charge in [-0.05, 0) is 24.1 Å². The van der Waals surface area contributed by atoms with Gasteiger partial charge in [0.1, 0.15) is 0 Å². The molecule has 0 fully saturated rings. The van der Waals surface area contributed by atoms with Gasteiger partial charge in [0.05, 0.1) is 19.1 Å². The van der Waals surface area contributed by atoms with Gasteiger partial charge in [0, 0.05) is 17.1 Å². The average Bonchev–Trinajstić information content (AvgIpc) is 2.70. The number of hydrogen-bond donors (Lipinski definition) is 1. The van der Waals surface area contributed by atoms with E-state index in [4.69, 9.17) is 0 Å². The molecule has 3 nitrogen and oxygen atoms in total. The number of esters is 1. The van der Waals surface area contributed by atoms with Gasteiger partial charge < -0.3 is 9.72 Å². The van der Waals surface area contributed by atoms with Crippen LogP contribution in [0.2, 0.25) is 0 Å². The Labute approximate surface area is 107 Å². The van der Waals surface area contributed by atoms with Crippen molar-refractivity contribution < 1.29 is 22.7 Å². The van der Waals surface area contributed by atoms with Crippen molar-refractivity contribution in [3.8, 4) is 0 Å². The van der Waals surface area contributed by atoms with Gasteiger partial charge in [-0.1, -0.05) is 6.07 Å². The Morgan fingerprint density at radius 2 is 2.05 bits per heavy atom. The smallest absolute Gasteiger partial charge is 0.417 e. The van der Waals surface area contributed by atoms with Gasteiger partial charge in [0.25, 0.3) is 0 Å². The third-order valence-electron chi connectivity index (χ3n) is 2.98. The van der Waals surface area contributed by atoms with Crippen molar-refractivity contribution >= 4 is 16.9 Å². The number of nitrogens with one attached hydrogen (secondary N) is 1. The predicted octanol–water partition coefficient (Wildman–Crippen LogP) is 3.21. The van der Waals surface area contributed by atoms with Crippen LogP contribution in [0.5, 0.6) is 0 Å². The zero-order chi connectivity index (χ0) is 14.2. The van der Waals surface area contributed by atoms with Gasteiger partial charge in [-0.15, -0.1) is 0 Å². The molecule has 1 heterocycles. The van der Waals surface area contributed by atoms with E-state index in [9.17, 15) is 18.0 Å². The highest BCUT2D eigenvalue weighted by Gasteiger charge is 2.35. The first-order valence-corrected chi connectivity index (χ1v) is 5.58.